The van der Waals surface area contributed by atoms with Gasteiger partial charge in [-0.25, -0.2) is 5.48 Å². The van der Waals surface area contributed by atoms with Gasteiger partial charge in [0.05, 0.1) is 18.1 Å². The summed E-state index contributed by atoms with van der Waals surface area (Å²) in [6, 6.07) is -0.542. The lowest BCUT2D eigenvalue weighted by atomic mass is 9.79. The topological polar surface area (TPSA) is 120 Å². The van der Waals surface area contributed by atoms with Crippen molar-refractivity contribution in [2.24, 2.45) is 29.6 Å². The highest BCUT2D eigenvalue weighted by Gasteiger charge is 2.50. The molecule has 4 aliphatic rings. The van der Waals surface area contributed by atoms with Crippen LogP contribution in [0.3, 0.4) is 0 Å². The summed E-state index contributed by atoms with van der Waals surface area (Å²) in [5.41, 5.74) is 2.42. The van der Waals surface area contributed by atoms with Crippen molar-refractivity contribution in [1.29, 1.82) is 0 Å². The van der Waals surface area contributed by atoms with E-state index in [1.807, 2.05) is 6.92 Å². The molecule has 8 nitrogen and oxygen atoms in total. The molecule has 3 heterocycles. The largest absolute Gasteiger partial charge is 0.388 e. The number of carbonyl (C=O) groups excluding carboxylic acids is 1. The summed E-state index contributed by atoms with van der Waals surface area (Å²) in [6.07, 6.45) is 5.15. The first kappa shape index (κ1) is 27.4. The van der Waals surface area contributed by atoms with Crippen molar-refractivity contribution in [3.63, 3.8) is 0 Å². The second-order valence-corrected chi connectivity index (χ2v) is 12.5. The maximum Gasteiger partial charge on any atom is 0.226 e. The quantitative estimate of drug-likeness (QED) is 0.363. The zero-order chi connectivity index (χ0) is 25.1. The maximum absolute atomic E-state index is 13.8. The first-order valence-electron chi connectivity index (χ1n) is 13.4. The van der Waals surface area contributed by atoms with Crippen LogP contribution in [0.5, 0.6) is 0 Å². The lowest BCUT2D eigenvalue weighted by molar-refractivity contribution is -0.207. The minimum absolute atomic E-state index is 0.0883. The number of aliphatic hydroxyl groups excluding tert-OH is 3. The van der Waals surface area contributed by atoms with E-state index in [-0.39, 0.29) is 23.8 Å². The Morgan fingerprint density at radius 1 is 1.14 bits per heavy atom. The van der Waals surface area contributed by atoms with E-state index in [4.69, 9.17) is 9.57 Å². The third kappa shape index (κ3) is 6.25. The van der Waals surface area contributed by atoms with E-state index in [0.29, 0.717) is 17.8 Å². The minimum atomic E-state index is -1.33. The molecule has 0 aromatic heterocycles. The van der Waals surface area contributed by atoms with Gasteiger partial charge >= 0.3 is 0 Å². The van der Waals surface area contributed by atoms with Crippen LogP contribution in [0.25, 0.3) is 0 Å². The van der Waals surface area contributed by atoms with Gasteiger partial charge in [-0.3, -0.25) is 9.63 Å². The number of hydrogen-bond acceptors (Lipinski definition) is 8. The van der Waals surface area contributed by atoms with Crippen LogP contribution in [0.2, 0.25) is 0 Å². The lowest BCUT2D eigenvalue weighted by Crippen LogP contribution is -2.64. The SMILES string of the molecule is CC(C)C[C@@H]1CCC[C@H](C(=O)N[C@H]2[C@H]3O[C@H](SCCC/C=C/[C@@H]2C)[C@H](O)[C@@H](O)[C@H]3O)[C@@H]2ONCC12. The Morgan fingerprint density at radius 2 is 1.94 bits per heavy atom. The molecular weight excluding hydrogens is 468 g/mol. The summed E-state index contributed by atoms with van der Waals surface area (Å²) in [6.45, 7) is 7.26. The summed E-state index contributed by atoms with van der Waals surface area (Å²) in [5.74, 6) is 1.71. The van der Waals surface area contributed by atoms with Crippen LogP contribution in [-0.2, 0) is 14.4 Å². The fourth-order valence-electron chi connectivity index (χ4n) is 6.34. The lowest BCUT2D eigenvalue weighted by Gasteiger charge is -2.44. The molecule has 4 rings (SSSR count). The summed E-state index contributed by atoms with van der Waals surface area (Å²) >= 11 is 1.45. The van der Waals surface area contributed by atoms with Gasteiger partial charge < -0.3 is 25.4 Å². The van der Waals surface area contributed by atoms with E-state index in [9.17, 15) is 20.1 Å². The van der Waals surface area contributed by atoms with E-state index in [0.717, 1.165) is 50.8 Å². The predicted octanol–water partition coefficient (Wildman–Crippen LogP) is 1.98. The predicted molar refractivity (Wildman–Crippen MR) is 135 cm³/mol. The monoisotopic (exact) mass is 512 g/mol. The van der Waals surface area contributed by atoms with E-state index in [2.05, 4.69) is 36.8 Å². The molecule has 3 fully saturated rings. The van der Waals surface area contributed by atoms with Crippen LogP contribution in [0.15, 0.2) is 12.2 Å². The molecule has 11 atom stereocenters. The maximum atomic E-state index is 13.8. The molecule has 0 radical (unpaired) electrons. The third-order valence-electron chi connectivity index (χ3n) is 8.24. The van der Waals surface area contributed by atoms with Gasteiger partial charge in [-0.05, 0) is 55.6 Å². The van der Waals surface area contributed by atoms with Crippen molar-refractivity contribution in [3.05, 3.63) is 12.2 Å². The molecular formula is C26H44N2O6S. The van der Waals surface area contributed by atoms with Crippen LogP contribution < -0.4 is 10.8 Å². The second-order valence-electron chi connectivity index (χ2n) is 11.3. The van der Waals surface area contributed by atoms with Gasteiger partial charge in [0, 0.05) is 12.5 Å². The van der Waals surface area contributed by atoms with Crippen molar-refractivity contribution in [2.75, 3.05) is 12.3 Å². The van der Waals surface area contributed by atoms with Crippen molar-refractivity contribution in [3.8, 4) is 0 Å². The number of ether oxygens (including phenoxy) is 1. The summed E-state index contributed by atoms with van der Waals surface area (Å²) in [4.78, 5) is 19.7. The minimum Gasteiger partial charge on any atom is -0.388 e. The molecule has 9 heteroatoms. The number of allylic oxidation sites excluding steroid dienone is 1. The zero-order valence-corrected chi connectivity index (χ0v) is 22.0. The summed E-state index contributed by atoms with van der Waals surface area (Å²) < 4.78 is 6.17. The number of aliphatic hydroxyl groups is 3. The van der Waals surface area contributed by atoms with Crippen molar-refractivity contribution >= 4 is 17.7 Å². The Kier molecular flexibility index (Phi) is 9.57. The number of amides is 1. The number of carbonyl (C=O) groups is 1. The average Bonchev–Trinajstić information content (AvgIpc) is 3.22. The Hall–Kier alpha value is -0.680. The van der Waals surface area contributed by atoms with Crippen LogP contribution in [0, 0.1) is 29.6 Å². The van der Waals surface area contributed by atoms with Gasteiger partial charge in [-0.1, -0.05) is 39.3 Å². The standard InChI is InChI=1S/C26H44N2O6S/c1-14(2)12-16-9-7-10-17(23-18(16)13-27-34-23)25(32)28-19-15(3)8-5-4-6-11-35-26-22(31)20(29)21(30)24(19)33-26/h5,8,14-24,26-27,29-31H,4,6-7,9-13H2,1-3H3,(H,28,32)/b8-5+/t15-,16-,17-,18?,19+,20-,21+,22+,23-,24+,26+/m0/s1. The number of nitrogens with one attached hydrogen (secondary N) is 2. The Labute approximate surface area is 213 Å². The molecule has 0 aromatic carbocycles. The first-order chi connectivity index (χ1) is 16.8. The molecule has 2 saturated heterocycles. The number of fused-ring (bicyclic) bond motifs is 3. The van der Waals surface area contributed by atoms with Gasteiger partial charge in [0.2, 0.25) is 5.91 Å². The summed E-state index contributed by atoms with van der Waals surface area (Å²) in [5, 5.41) is 35.2. The summed E-state index contributed by atoms with van der Waals surface area (Å²) in [7, 11) is 0. The molecule has 0 aromatic rings. The van der Waals surface area contributed by atoms with Crippen molar-refractivity contribution in [1.82, 2.24) is 10.8 Å². The van der Waals surface area contributed by atoms with Gasteiger partial charge in [-0.15, -0.1) is 11.8 Å². The number of thioether (sulfide) groups is 1. The van der Waals surface area contributed by atoms with Crippen LogP contribution in [-0.4, -0.2) is 75.5 Å². The fraction of sp³-hybridized carbons (Fsp3) is 0.885. The van der Waals surface area contributed by atoms with Gasteiger partial charge in [0.15, 0.2) is 0 Å². The molecule has 35 heavy (non-hydrogen) atoms. The Morgan fingerprint density at radius 3 is 2.71 bits per heavy atom. The fourth-order valence-corrected chi connectivity index (χ4v) is 7.47. The molecule has 200 valence electrons. The van der Waals surface area contributed by atoms with E-state index in [1.165, 1.54) is 11.8 Å². The smallest absolute Gasteiger partial charge is 0.226 e. The molecule has 1 amide bonds. The van der Waals surface area contributed by atoms with Crippen LogP contribution in [0.1, 0.15) is 59.3 Å². The molecule has 2 bridgehead atoms. The van der Waals surface area contributed by atoms with Crippen molar-refractivity contribution in [2.45, 2.75) is 101 Å². The zero-order valence-electron chi connectivity index (χ0n) is 21.2. The van der Waals surface area contributed by atoms with Crippen LogP contribution in [0.4, 0.5) is 0 Å². The second kappa shape index (κ2) is 12.2. The van der Waals surface area contributed by atoms with E-state index >= 15 is 0 Å². The molecule has 1 saturated carbocycles. The normalized spacial score (nSPS) is 45.7. The molecule has 5 N–H and O–H groups in total. The van der Waals surface area contributed by atoms with E-state index in [1.54, 1.807) is 0 Å². The highest BCUT2D eigenvalue weighted by Crippen LogP contribution is 2.40. The molecule has 0 spiro atoms. The van der Waals surface area contributed by atoms with Gasteiger partial charge in [0.1, 0.15) is 29.9 Å². The molecule has 1 unspecified atom stereocenters. The van der Waals surface area contributed by atoms with Crippen LogP contribution >= 0.6 is 11.8 Å². The molecule has 3 aliphatic heterocycles. The Bertz CT molecular complexity index is 739. The third-order valence-corrected chi connectivity index (χ3v) is 9.48. The van der Waals surface area contributed by atoms with Crippen molar-refractivity contribution < 1.29 is 29.7 Å². The van der Waals surface area contributed by atoms with Gasteiger partial charge in [-0.2, -0.15) is 0 Å². The van der Waals surface area contributed by atoms with E-state index < -0.39 is 35.9 Å². The number of hydrogen-bond donors (Lipinski definition) is 5. The Balaban J connectivity index is 1.54. The first-order valence-corrected chi connectivity index (χ1v) is 14.5. The highest BCUT2D eigenvalue weighted by molar-refractivity contribution is 7.99. The van der Waals surface area contributed by atoms with Gasteiger partial charge in [0.25, 0.3) is 0 Å². The number of hydroxylamine groups is 1. The molecule has 1 aliphatic carbocycles. The number of rotatable bonds is 4. The highest BCUT2D eigenvalue weighted by atomic mass is 32.2. The average molecular weight is 513 g/mol.